The van der Waals surface area contributed by atoms with Gasteiger partial charge in [0.25, 0.3) is 5.56 Å². The number of piperidine rings is 1. The van der Waals surface area contributed by atoms with Crippen LogP contribution in [0.5, 0.6) is 5.75 Å². The van der Waals surface area contributed by atoms with E-state index in [1.54, 1.807) is 11.8 Å². The smallest absolute Gasteiger partial charge is 0.309 e. The predicted octanol–water partition coefficient (Wildman–Crippen LogP) is 2.07. The molecule has 5 rings (SSSR count). The van der Waals surface area contributed by atoms with E-state index in [-0.39, 0.29) is 23.6 Å². The van der Waals surface area contributed by atoms with Crippen molar-refractivity contribution in [2.24, 2.45) is 5.92 Å². The summed E-state index contributed by atoms with van der Waals surface area (Å²) < 4.78 is 18.2. The average molecular weight is 497 g/mol. The summed E-state index contributed by atoms with van der Waals surface area (Å²) in [4.78, 5) is 30.9. The minimum Gasteiger partial charge on any atom is -0.497 e. The maximum atomic E-state index is 13.4. The van der Waals surface area contributed by atoms with Gasteiger partial charge in [0.15, 0.2) is 5.82 Å². The lowest BCUT2D eigenvalue weighted by atomic mass is 9.94. The number of carbonyl (C=O) groups is 1. The molecular weight excluding hydrogens is 464 g/mol. The Hall–Kier alpha value is -3.31. The van der Waals surface area contributed by atoms with Gasteiger partial charge in [0.1, 0.15) is 11.8 Å². The number of pyridine rings is 1. The number of ether oxygens (including phenoxy) is 3. The van der Waals surface area contributed by atoms with Crippen LogP contribution in [0.15, 0.2) is 29.1 Å². The first-order valence-electron chi connectivity index (χ1n) is 12.6. The first-order valence-corrected chi connectivity index (χ1v) is 12.6. The molecule has 3 aromatic rings. The Labute approximate surface area is 208 Å². The molecule has 1 aromatic carbocycles. The lowest BCUT2D eigenvalue weighted by molar-refractivity contribution is -0.149. The highest BCUT2D eigenvalue weighted by atomic mass is 16.5. The molecule has 11 nitrogen and oxygen atoms in total. The van der Waals surface area contributed by atoms with E-state index >= 15 is 0 Å². The van der Waals surface area contributed by atoms with Gasteiger partial charge in [-0.3, -0.25) is 14.5 Å². The van der Waals surface area contributed by atoms with E-state index in [1.807, 2.05) is 31.2 Å². The summed E-state index contributed by atoms with van der Waals surface area (Å²) in [5, 5.41) is 13.5. The zero-order valence-corrected chi connectivity index (χ0v) is 20.7. The molecule has 1 N–H and O–H groups in total. The summed E-state index contributed by atoms with van der Waals surface area (Å²) >= 11 is 0. The van der Waals surface area contributed by atoms with Crippen LogP contribution in [0, 0.1) is 5.92 Å². The summed E-state index contributed by atoms with van der Waals surface area (Å²) in [5.74, 6) is 0.986. The monoisotopic (exact) mass is 496 g/mol. The fourth-order valence-corrected chi connectivity index (χ4v) is 5.20. The second-order valence-corrected chi connectivity index (χ2v) is 9.33. The van der Waals surface area contributed by atoms with Crippen molar-refractivity contribution in [3.05, 3.63) is 46.0 Å². The third kappa shape index (κ3) is 4.98. The topological polar surface area (TPSA) is 124 Å². The van der Waals surface area contributed by atoms with Gasteiger partial charge < -0.3 is 19.2 Å². The number of nitrogens with one attached hydrogen (secondary N) is 1. The van der Waals surface area contributed by atoms with Crippen molar-refractivity contribution in [2.75, 3.05) is 33.4 Å². The van der Waals surface area contributed by atoms with Crippen LogP contribution in [0.3, 0.4) is 0 Å². The van der Waals surface area contributed by atoms with Crippen LogP contribution < -0.4 is 10.3 Å². The van der Waals surface area contributed by atoms with E-state index < -0.39 is 6.04 Å². The zero-order chi connectivity index (χ0) is 25.1. The normalized spacial score (nSPS) is 20.0. The quantitative estimate of drug-likeness (QED) is 0.467. The molecule has 2 fully saturated rings. The molecule has 2 saturated heterocycles. The van der Waals surface area contributed by atoms with Gasteiger partial charge in [-0.1, -0.05) is 0 Å². The van der Waals surface area contributed by atoms with Crippen LogP contribution in [-0.2, 0) is 20.8 Å². The first kappa shape index (κ1) is 24.4. The molecule has 0 aliphatic carbocycles. The molecule has 2 aliphatic heterocycles. The third-order valence-electron chi connectivity index (χ3n) is 7.09. The number of fused-ring (bicyclic) bond motifs is 1. The standard InChI is InChI=1S/C25H32N6O5/c1-3-35-25(33)16-8-10-30(11-9-16)22(23-27-28-29-31(23)15-19-5-4-12-36-19)20-14-17-13-18(34-2)6-7-21(17)26-24(20)32/h6-7,13-14,16,19,22H,3-5,8-12,15H2,1-2H3,(H,26,32)/t19-,22+/m1/s1. The molecule has 11 heteroatoms. The molecule has 192 valence electrons. The Balaban J connectivity index is 1.52. The number of likely N-dealkylation sites (tertiary alicyclic amines) is 1. The second kappa shape index (κ2) is 10.8. The van der Waals surface area contributed by atoms with Gasteiger partial charge in [-0.25, -0.2) is 4.68 Å². The Morgan fingerprint density at radius 1 is 1.25 bits per heavy atom. The number of esters is 1. The number of tetrazole rings is 1. The number of aromatic amines is 1. The third-order valence-corrected chi connectivity index (χ3v) is 7.09. The summed E-state index contributed by atoms with van der Waals surface area (Å²) in [6.07, 6.45) is 3.29. The van der Waals surface area contributed by atoms with Gasteiger partial charge in [0.05, 0.1) is 32.3 Å². The molecule has 4 heterocycles. The van der Waals surface area contributed by atoms with Crippen molar-refractivity contribution in [1.82, 2.24) is 30.1 Å². The molecule has 36 heavy (non-hydrogen) atoms. The van der Waals surface area contributed by atoms with Crippen LogP contribution >= 0.6 is 0 Å². The molecule has 2 aromatic heterocycles. The van der Waals surface area contributed by atoms with Crippen molar-refractivity contribution >= 4 is 16.9 Å². The summed E-state index contributed by atoms with van der Waals surface area (Å²) in [5.41, 5.74) is 1.08. The van der Waals surface area contributed by atoms with E-state index in [9.17, 15) is 9.59 Å². The SMILES string of the molecule is CCOC(=O)C1CCN([C@@H](c2cc3cc(OC)ccc3[nH]c2=O)c2nnnn2C[C@H]2CCCO2)CC1. The molecule has 2 atom stereocenters. The maximum absolute atomic E-state index is 13.4. The van der Waals surface area contributed by atoms with Gasteiger partial charge in [-0.05, 0) is 67.3 Å². The van der Waals surface area contributed by atoms with E-state index in [2.05, 4.69) is 25.4 Å². The van der Waals surface area contributed by atoms with Crippen LogP contribution in [0.4, 0.5) is 0 Å². The maximum Gasteiger partial charge on any atom is 0.309 e. The molecule has 0 bridgehead atoms. The molecule has 0 amide bonds. The van der Waals surface area contributed by atoms with Crippen molar-refractivity contribution in [3.63, 3.8) is 0 Å². The lowest BCUT2D eigenvalue weighted by Gasteiger charge is -2.36. The number of carbonyl (C=O) groups excluding carboxylic acids is 1. The van der Waals surface area contributed by atoms with Crippen molar-refractivity contribution < 1.29 is 19.0 Å². The van der Waals surface area contributed by atoms with E-state index in [0.29, 0.717) is 56.2 Å². The molecule has 0 spiro atoms. The van der Waals surface area contributed by atoms with E-state index in [4.69, 9.17) is 14.2 Å². The Kier molecular flexibility index (Phi) is 7.28. The number of H-pyrrole nitrogens is 1. The molecule has 0 unspecified atom stereocenters. The molecule has 2 aliphatic rings. The Bertz CT molecular complexity index is 1260. The largest absolute Gasteiger partial charge is 0.497 e. The fourth-order valence-electron chi connectivity index (χ4n) is 5.20. The van der Waals surface area contributed by atoms with Crippen molar-refractivity contribution in [3.8, 4) is 5.75 Å². The first-order chi connectivity index (χ1) is 17.6. The van der Waals surface area contributed by atoms with Gasteiger partial charge in [0.2, 0.25) is 0 Å². The van der Waals surface area contributed by atoms with Gasteiger partial charge >= 0.3 is 5.97 Å². The number of nitrogens with zero attached hydrogens (tertiary/aromatic N) is 5. The summed E-state index contributed by atoms with van der Waals surface area (Å²) in [7, 11) is 1.61. The summed E-state index contributed by atoms with van der Waals surface area (Å²) in [6, 6.07) is 6.96. The number of aromatic nitrogens is 5. The highest BCUT2D eigenvalue weighted by molar-refractivity contribution is 5.80. The predicted molar refractivity (Wildman–Crippen MR) is 131 cm³/mol. The molecule has 0 radical (unpaired) electrons. The number of benzene rings is 1. The fraction of sp³-hybridized carbons (Fsp3) is 0.560. The minimum atomic E-state index is -0.483. The Morgan fingerprint density at radius 2 is 2.08 bits per heavy atom. The Morgan fingerprint density at radius 3 is 2.81 bits per heavy atom. The second-order valence-electron chi connectivity index (χ2n) is 9.33. The van der Waals surface area contributed by atoms with Crippen LogP contribution in [0.25, 0.3) is 10.9 Å². The molecule has 0 saturated carbocycles. The van der Waals surface area contributed by atoms with Crippen LogP contribution in [0.2, 0.25) is 0 Å². The average Bonchev–Trinajstić information content (AvgIpc) is 3.58. The summed E-state index contributed by atoms with van der Waals surface area (Å²) in [6.45, 7) is 4.66. The van der Waals surface area contributed by atoms with Crippen molar-refractivity contribution in [2.45, 2.75) is 51.3 Å². The van der Waals surface area contributed by atoms with Gasteiger partial charge in [-0.15, -0.1) is 5.10 Å². The number of methoxy groups -OCH3 is 1. The van der Waals surface area contributed by atoms with Crippen LogP contribution in [-0.4, -0.2) is 75.6 Å². The molecular formula is C25H32N6O5. The van der Waals surface area contributed by atoms with E-state index in [1.165, 1.54) is 0 Å². The van der Waals surface area contributed by atoms with Crippen LogP contribution in [0.1, 0.15) is 50.0 Å². The van der Waals surface area contributed by atoms with Gasteiger partial charge in [0, 0.05) is 36.2 Å². The number of hydrogen-bond donors (Lipinski definition) is 1. The number of rotatable bonds is 8. The van der Waals surface area contributed by atoms with E-state index in [0.717, 1.165) is 30.4 Å². The van der Waals surface area contributed by atoms with Crippen molar-refractivity contribution in [1.29, 1.82) is 0 Å². The zero-order valence-electron chi connectivity index (χ0n) is 20.7. The lowest BCUT2D eigenvalue weighted by Crippen LogP contribution is -2.42. The highest BCUT2D eigenvalue weighted by Crippen LogP contribution is 2.32. The number of hydrogen-bond acceptors (Lipinski definition) is 9. The highest BCUT2D eigenvalue weighted by Gasteiger charge is 2.35. The van der Waals surface area contributed by atoms with Gasteiger partial charge in [-0.2, -0.15) is 0 Å². The minimum absolute atomic E-state index is 0.0431.